The fourth-order valence-corrected chi connectivity index (χ4v) is 3.13. The minimum absolute atomic E-state index is 0.124. The van der Waals surface area contributed by atoms with E-state index in [4.69, 9.17) is 11.6 Å². The summed E-state index contributed by atoms with van der Waals surface area (Å²) in [5.74, 6) is -0.788. The number of carbonyl (C=O) groups is 2. The lowest BCUT2D eigenvalue weighted by molar-refractivity contribution is -0.117. The number of hydrogen-bond donors (Lipinski definition) is 1. The molecule has 0 spiro atoms. The Morgan fingerprint density at radius 3 is 2.59 bits per heavy atom. The molecule has 1 fully saturated rings. The Bertz CT molecular complexity index is 810. The van der Waals surface area contributed by atoms with E-state index in [1.807, 2.05) is 26.0 Å². The molecule has 112 valence electrons. The SMILES string of the molecule is Cc1ccc(C=C2C(=O)NN(c3ccc(C)c(Cl)c3)C2=O)s1. The molecule has 3 rings (SSSR count). The van der Waals surface area contributed by atoms with Crippen molar-refractivity contribution in [3.63, 3.8) is 0 Å². The number of anilines is 1. The van der Waals surface area contributed by atoms with E-state index in [1.54, 1.807) is 24.3 Å². The van der Waals surface area contributed by atoms with Crippen LogP contribution in [0.3, 0.4) is 0 Å². The minimum Gasteiger partial charge on any atom is -0.267 e. The third-order valence-electron chi connectivity index (χ3n) is 3.35. The van der Waals surface area contributed by atoms with Crippen LogP contribution in [0.25, 0.3) is 6.08 Å². The van der Waals surface area contributed by atoms with Crippen molar-refractivity contribution in [1.82, 2.24) is 5.43 Å². The molecule has 0 bridgehead atoms. The Hall–Kier alpha value is -2.11. The van der Waals surface area contributed by atoms with Crippen LogP contribution < -0.4 is 10.4 Å². The summed E-state index contributed by atoms with van der Waals surface area (Å²) in [7, 11) is 0. The highest BCUT2D eigenvalue weighted by Crippen LogP contribution is 2.27. The molecule has 2 heterocycles. The van der Waals surface area contributed by atoms with Gasteiger partial charge in [-0.3, -0.25) is 15.0 Å². The number of halogens is 1. The first-order chi connectivity index (χ1) is 10.5. The van der Waals surface area contributed by atoms with Crippen LogP contribution in [0.2, 0.25) is 5.02 Å². The van der Waals surface area contributed by atoms with Crippen LogP contribution in [0, 0.1) is 13.8 Å². The number of aryl methyl sites for hydroxylation is 2. The topological polar surface area (TPSA) is 49.4 Å². The number of hydrogen-bond acceptors (Lipinski definition) is 3. The van der Waals surface area contributed by atoms with E-state index in [-0.39, 0.29) is 11.5 Å². The molecule has 0 aliphatic carbocycles. The molecule has 0 radical (unpaired) electrons. The van der Waals surface area contributed by atoms with E-state index >= 15 is 0 Å². The molecule has 2 aromatic rings. The van der Waals surface area contributed by atoms with Gasteiger partial charge in [-0.2, -0.15) is 0 Å². The highest BCUT2D eigenvalue weighted by atomic mass is 35.5. The van der Waals surface area contributed by atoms with Crippen LogP contribution in [-0.2, 0) is 9.59 Å². The van der Waals surface area contributed by atoms with Gasteiger partial charge in [0.15, 0.2) is 0 Å². The molecule has 0 unspecified atom stereocenters. The maximum atomic E-state index is 12.5. The molecule has 1 aromatic carbocycles. The van der Waals surface area contributed by atoms with Crippen molar-refractivity contribution < 1.29 is 9.59 Å². The van der Waals surface area contributed by atoms with E-state index in [2.05, 4.69) is 5.43 Å². The van der Waals surface area contributed by atoms with Crippen molar-refractivity contribution in [2.24, 2.45) is 0 Å². The molecule has 22 heavy (non-hydrogen) atoms. The summed E-state index contributed by atoms with van der Waals surface area (Å²) in [5, 5.41) is 1.77. The van der Waals surface area contributed by atoms with Gasteiger partial charge in [0.2, 0.25) is 0 Å². The first-order valence-electron chi connectivity index (χ1n) is 6.65. The Morgan fingerprint density at radius 2 is 1.95 bits per heavy atom. The summed E-state index contributed by atoms with van der Waals surface area (Å²) in [6, 6.07) is 9.05. The van der Waals surface area contributed by atoms with Crippen molar-refractivity contribution in [2.45, 2.75) is 13.8 Å². The quantitative estimate of drug-likeness (QED) is 0.676. The van der Waals surface area contributed by atoms with Crippen LogP contribution in [0.5, 0.6) is 0 Å². The highest BCUT2D eigenvalue weighted by molar-refractivity contribution is 7.12. The monoisotopic (exact) mass is 332 g/mol. The number of thiophene rings is 1. The second-order valence-corrected chi connectivity index (χ2v) is 6.75. The maximum absolute atomic E-state index is 12.5. The number of amides is 2. The highest BCUT2D eigenvalue weighted by Gasteiger charge is 2.34. The fraction of sp³-hybridized carbons (Fsp3) is 0.125. The van der Waals surface area contributed by atoms with Gasteiger partial charge in [-0.1, -0.05) is 17.7 Å². The standard InChI is InChI=1S/C16H13ClN2O2S/c1-9-3-5-11(7-14(9)17)19-16(21)13(15(20)18-19)8-12-6-4-10(2)22-12/h3-8H,1-2H3,(H,18,20). The lowest BCUT2D eigenvalue weighted by atomic mass is 10.2. The molecule has 1 aromatic heterocycles. The van der Waals surface area contributed by atoms with Gasteiger partial charge in [-0.25, -0.2) is 5.01 Å². The van der Waals surface area contributed by atoms with Gasteiger partial charge in [0.1, 0.15) is 5.57 Å². The Kier molecular flexibility index (Phi) is 3.76. The summed E-state index contributed by atoms with van der Waals surface area (Å²) >= 11 is 7.61. The number of rotatable bonds is 2. The van der Waals surface area contributed by atoms with E-state index in [0.29, 0.717) is 10.7 Å². The largest absolute Gasteiger partial charge is 0.282 e. The average Bonchev–Trinajstić information content (AvgIpc) is 3.00. The molecule has 6 heteroatoms. The van der Waals surface area contributed by atoms with Crippen LogP contribution >= 0.6 is 22.9 Å². The number of hydrazine groups is 1. The summed E-state index contributed by atoms with van der Waals surface area (Å²) in [5.41, 5.74) is 4.14. The third kappa shape index (κ3) is 2.65. The second-order valence-electron chi connectivity index (χ2n) is 5.02. The maximum Gasteiger partial charge on any atom is 0.282 e. The zero-order chi connectivity index (χ0) is 15.9. The lowest BCUT2D eigenvalue weighted by Gasteiger charge is -2.15. The molecular formula is C16H13ClN2O2S. The molecule has 1 N–H and O–H groups in total. The van der Waals surface area contributed by atoms with E-state index in [9.17, 15) is 9.59 Å². The summed E-state index contributed by atoms with van der Waals surface area (Å²) in [4.78, 5) is 26.5. The predicted octanol–water partition coefficient (Wildman–Crippen LogP) is 3.48. The molecule has 4 nitrogen and oxygen atoms in total. The number of benzene rings is 1. The molecule has 0 atom stereocenters. The number of carbonyl (C=O) groups excluding carboxylic acids is 2. The first kappa shape index (κ1) is 14.8. The van der Waals surface area contributed by atoms with Crippen LogP contribution in [0.1, 0.15) is 15.3 Å². The average molecular weight is 333 g/mol. The van der Waals surface area contributed by atoms with E-state index in [1.165, 1.54) is 16.3 Å². The van der Waals surface area contributed by atoms with Crippen molar-refractivity contribution in [3.05, 3.63) is 56.2 Å². The zero-order valence-electron chi connectivity index (χ0n) is 12.0. The summed E-state index contributed by atoms with van der Waals surface area (Å²) < 4.78 is 0. The van der Waals surface area contributed by atoms with Gasteiger partial charge in [0.25, 0.3) is 11.8 Å². The van der Waals surface area contributed by atoms with Crippen LogP contribution in [0.15, 0.2) is 35.9 Å². The van der Waals surface area contributed by atoms with E-state index in [0.717, 1.165) is 15.3 Å². The third-order valence-corrected chi connectivity index (χ3v) is 4.71. The Balaban J connectivity index is 1.94. The molecule has 1 aliphatic heterocycles. The van der Waals surface area contributed by atoms with Crippen molar-refractivity contribution in [3.8, 4) is 0 Å². The van der Waals surface area contributed by atoms with Crippen LogP contribution in [0.4, 0.5) is 5.69 Å². The van der Waals surface area contributed by atoms with Gasteiger partial charge in [-0.15, -0.1) is 11.3 Å². The zero-order valence-corrected chi connectivity index (χ0v) is 13.6. The molecule has 1 saturated heterocycles. The van der Waals surface area contributed by atoms with Crippen molar-refractivity contribution in [2.75, 3.05) is 5.01 Å². The Labute approximate surface area is 137 Å². The molecular weight excluding hydrogens is 320 g/mol. The van der Waals surface area contributed by atoms with Crippen LogP contribution in [-0.4, -0.2) is 11.8 Å². The first-order valence-corrected chi connectivity index (χ1v) is 7.85. The van der Waals surface area contributed by atoms with Gasteiger partial charge < -0.3 is 0 Å². The van der Waals surface area contributed by atoms with Crippen molar-refractivity contribution in [1.29, 1.82) is 0 Å². The van der Waals surface area contributed by atoms with Gasteiger partial charge >= 0.3 is 0 Å². The summed E-state index contributed by atoms with van der Waals surface area (Å²) in [6.45, 7) is 3.85. The van der Waals surface area contributed by atoms with E-state index < -0.39 is 5.91 Å². The molecule has 1 aliphatic rings. The number of nitrogens with zero attached hydrogens (tertiary/aromatic N) is 1. The number of nitrogens with one attached hydrogen (secondary N) is 1. The summed E-state index contributed by atoms with van der Waals surface area (Å²) in [6.07, 6.45) is 1.62. The smallest absolute Gasteiger partial charge is 0.267 e. The van der Waals surface area contributed by atoms with Gasteiger partial charge in [0.05, 0.1) is 5.69 Å². The lowest BCUT2D eigenvalue weighted by Crippen LogP contribution is -2.35. The fourth-order valence-electron chi connectivity index (χ4n) is 2.13. The minimum atomic E-state index is -0.409. The van der Waals surface area contributed by atoms with Gasteiger partial charge in [-0.05, 0) is 49.8 Å². The second kappa shape index (κ2) is 5.59. The predicted molar refractivity (Wildman–Crippen MR) is 88.9 cm³/mol. The molecule has 2 amide bonds. The van der Waals surface area contributed by atoms with Gasteiger partial charge in [0, 0.05) is 14.8 Å². The molecule has 0 saturated carbocycles. The Morgan fingerprint density at radius 1 is 1.18 bits per heavy atom. The van der Waals surface area contributed by atoms with Crippen molar-refractivity contribution >= 4 is 46.5 Å². The normalized spacial score (nSPS) is 16.5.